The molecule has 0 saturated carbocycles. The van der Waals surface area contributed by atoms with Crippen molar-refractivity contribution in [3.63, 3.8) is 0 Å². The van der Waals surface area contributed by atoms with Gasteiger partial charge in [0.25, 0.3) is 0 Å². The highest BCUT2D eigenvalue weighted by Gasteiger charge is 2.29. The molecule has 31 heavy (non-hydrogen) atoms. The zero-order valence-electron chi connectivity index (χ0n) is 18.3. The average Bonchev–Trinajstić information content (AvgIpc) is 2.68. The Morgan fingerprint density at radius 1 is 1.00 bits per heavy atom. The van der Waals surface area contributed by atoms with Crippen LogP contribution in [0.2, 0.25) is 0 Å². The summed E-state index contributed by atoms with van der Waals surface area (Å²) in [5.74, 6) is -2.61. The molecule has 1 heterocycles. The second kappa shape index (κ2) is 13.0. The van der Waals surface area contributed by atoms with Crippen LogP contribution < -0.4 is 21.3 Å². The van der Waals surface area contributed by atoms with Gasteiger partial charge in [-0.15, -0.1) is 0 Å². The number of allylic oxidation sites excluding steroid dienone is 1. The molecule has 0 aromatic carbocycles. The van der Waals surface area contributed by atoms with E-state index < -0.39 is 60.4 Å². The molecule has 0 radical (unpaired) electrons. The maximum Gasteiger partial charge on any atom is 0.326 e. The molecule has 10 nitrogen and oxygen atoms in total. The molecular formula is C20H32N4O6S. The summed E-state index contributed by atoms with van der Waals surface area (Å²) < 4.78 is 5.30. The molecule has 1 fully saturated rings. The van der Waals surface area contributed by atoms with Crippen LogP contribution in [0.5, 0.6) is 0 Å². The van der Waals surface area contributed by atoms with Crippen LogP contribution in [0, 0.1) is 5.92 Å². The first-order chi connectivity index (χ1) is 14.5. The van der Waals surface area contributed by atoms with E-state index in [0.29, 0.717) is 12.2 Å². The Kier molecular flexibility index (Phi) is 11.1. The second-order valence-electron chi connectivity index (χ2n) is 7.64. The van der Waals surface area contributed by atoms with Crippen molar-refractivity contribution < 1.29 is 28.7 Å². The Hall–Kier alpha value is -2.56. The molecule has 4 N–H and O–H groups in total. The number of carbonyl (C=O) groups excluding carboxylic acids is 5. The van der Waals surface area contributed by atoms with Crippen LogP contribution >= 0.6 is 12.6 Å². The first-order valence-corrected chi connectivity index (χ1v) is 10.8. The SMILES string of the molecule is CC(C)[C@H]1NC(=O)[C@@H](C)NC(=O)[C@@H](C)NC(=O)C[C@@H](/C=C/CCS)OC(=O)CNC1=O. The Morgan fingerprint density at radius 3 is 2.23 bits per heavy atom. The number of carbonyl (C=O) groups is 5. The van der Waals surface area contributed by atoms with Gasteiger partial charge in [-0.05, 0) is 38.0 Å². The fourth-order valence-corrected chi connectivity index (χ4v) is 2.87. The summed E-state index contributed by atoms with van der Waals surface area (Å²) >= 11 is 4.10. The molecule has 0 aliphatic carbocycles. The molecule has 1 aliphatic rings. The molecule has 174 valence electrons. The summed E-state index contributed by atoms with van der Waals surface area (Å²) in [5.41, 5.74) is 0. The summed E-state index contributed by atoms with van der Waals surface area (Å²) in [4.78, 5) is 61.8. The van der Waals surface area contributed by atoms with E-state index >= 15 is 0 Å². The normalized spacial score (nSPS) is 27.4. The van der Waals surface area contributed by atoms with E-state index in [2.05, 4.69) is 33.9 Å². The van der Waals surface area contributed by atoms with E-state index in [4.69, 9.17) is 4.74 Å². The van der Waals surface area contributed by atoms with Gasteiger partial charge in [-0.1, -0.05) is 19.9 Å². The summed E-state index contributed by atoms with van der Waals surface area (Å²) in [6.45, 7) is 6.01. The highest BCUT2D eigenvalue weighted by atomic mass is 32.1. The van der Waals surface area contributed by atoms with Crippen LogP contribution in [-0.4, -0.2) is 66.1 Å². The number of rotatable bonds is 4. The van der Waals surface area contributed by atoms with Gasteiger partial charge in [0.15, 0.2) is 0 Å². The van der Waals surface area contributed by atoms with Gasteiger partial charge in [-0.3, -0.25) is 24.0 Å². The van der Waals surface area contributed by atoms with Crippen LogP contribution in [0.25, 0.3) is 0 Å². The molecule has 0 spiro atoms. The minimum atomic E-state index is -0.935. The van der Waals surface area contributed by atoms with Crippen molar-refractivity contribution in [2.24, 2.45) is 5.92 Å². The van der Waals surface area contributed by atoms with Gasteiger partial charge in [-0.25, -0.2) is 0 Å². The van der Waals surface area contributed by atoms with Crippen LogP contribution in [0.1, 0.15) is 40.5 Å². The summed E-state index contributed by atoms with van der Waals surface area (Å²) in [5, 5.41) is 10.1. The van der Waals surface area contributed by atoms with Crippen molar-refractivity contribution in [2.45, 2.75) is 64.8 Å². The maximum absolute atomic E-state index is 12.5. The van der Waals surface area contributed by atoms with Crippen molar-refractivity contribution in [3.05, 3.63) is 12.2 Å². The van der Waals surface area contributed by atoms with Gasteiger partial charge >= 0.3 is 5.97 Å². The Balaban J connectivity index is 3.08. The molecular weight excluding hydrogens is 424 g/mol. The third kappa shape index (κ3) is 9.41. The fourth-order valence-electron chi connectivity index (χ4n) is 2.72. The van der Waals surface area contributed by atoms with Crippen molar-refractivity contribution in [1.82, 2.24) is 21.3 Å². The monoisotopic (exact) mass is 456 g/mol. The number of thiol groups is 1. The highest BCUT2D eigenvalue weighted by molar-refractivity contribution is 7.80. The van der Waals surface area contributed by atoms with Crippen molar-refractivity contribution in [2.75, 3.05) is 12.3 Å². The van der Waals surface area contributed by atoms with Crippen LogP contribution in [0.15, 0.2) is 12.2 Å². The summed E-state index contributed by atoms with van der Waals surface area (Å²) in [6, 6.07) is -2.76. The van der Waals surface area contributed by atoms with Crippen LogP contribution in [-0.2, 0) is 28.7 Å². The van der Waals surface area contributed by atoms with E-state index in [1.807, 2.05) is 0 Å². The van der Waals surface area contributed by atoms with E-state index in [0.717, 1.165) is 0 Å². The molecule has 4 amide bonds. The lowest BCUT2D eigenvalue weighted by molar-refractivity contribution is -0.148. The zero-order valence-corrected chi connectivity index (χ0v) is 19.2. The predicted octanol–water partition coefficient (Wildman–Crippen LogP) is -0.556. The van der Waals surface area contributed by atoms with Gasteiger partial charge in [0, 0.05) is 0 Å². The molecule has 1 rings (SSSR count). The van der Waals surface area contributed by atoms with Crippen molar-refractivity contribution in [1.29, 1.82) is 0 Å². The third-order valence-corrected chi connectivity index (χ3v) is 4.75. The topological polar surface area (TPSA) is 143 Å². The minimum Gasteiger partial charge on any atom is -0.456 e. The smallest absolute Gasteiger partial charge is 0.326 e. The van der Waals surface area contributed by atoms with E-state index in [1.54, 1.807) is 26.0 Å². The third-order valence-electron chi connectivity index (χ3n) is 4.49. The Morgan fingerprint density at radius 2 is 1.61 bits per heavy atom. The molecule has 4 atom stereocenters. The minimum absolute atomic E-state index is 0.203. The number of ether oxygens (including phenoxy) is 1. The van der Waals surface area contributed by atoms with Gasteiger partial charge in [0.05, 0.1) is 6.42 Å². The lowest BCUT2D eigenvalue weighted by atomic mass is 10.0. The summed E-state index contributed by atoms with van der Waals surface area (Å²) in [7, 11) is 0. The van der Waals surface area contributed by atoms with E-state index in [9.17, 15) is 24.0 Å². The average molecular weight is 457 g/mol. The number of hydrogen-bond acceptors (Lipinski definition) is 7. The maximum atomic E-state index is 12.5. The number of hydrogen-bond donors (Lipinski definition) is 5. The lowest BCUT2D eigenvalue weighted by Crippen LogP contribution is -2.57. The van der Waals surface area contributed by atoms with Crippen molar-refractivity contribution >= 4 is 42.2 Å². The number of esters is 1. The summed E-state index contributed by atoms with van der Waals surface area (Å²) in [6.07, 6.45) is 2.85. The predicted molar refractivity (Wildman–Crippen MR) is 117 cm³/mol. The van der Waals surface area contributed by atoms with Gasteiger partial charge in [-0.2, -0.15) is 12.6 Å². The largest absolute Gasteiger partial charge is 0.456 e. The molecule has 1 saturated heterocycles. The number of amides is 4. The zero-order chi connectivity index (χ0) is 23.6. The molecule has 11 heteroatoms. The van der Waals surface area contributed by atoms with Gasteiger partial charge < -0.3 is 26.0 Å². The van der Waals surface area contributed by atoms with Gasteiger partial charge in [0.2, 0.25) is 23.6 Å². The highest BCUT2D eigenvalue weighted by Crippen LogP contribution is 2.06. The van der Waals surface area contributed by atoms with E-state index in [1.165, 1.54) is 13.8 Å². The van der Waals surface area contributed by atoms with Crippen LogP contribution in [0.4, 0.5) is 0 Å². The van der Waals surface area contributed by atoms with E-state index in [-0.39, 0.29) is 12.3 Å². The lowest BCUT2D eigenvalue weighted by Gasteiger charge is -2.25. The number of nitrogens with one attached hydrogen (secondary N) is 4. The van der Waals surface area contributed by atoms with Gasteiger partial charge in [0.1, 0.15) is 30.8 Å². The molecule has 0 bridgehead atoms. The fraction of sp³-hybridized carbons (Fsp3) is 0.650. The first kappa shape index (κ1) is 26.5. The molecule has 0 aromatic heterocycles. The van der Waals surface area contributed by atoms with Crippen LogP contribution in [0.3, 0.4) is 0 Å². The Bertz CT molecular complexity index is 712. The quantitative estimate of drug-likeness (QED) is 0.218. The Labute approximate surface area is 187 Å². The molecule has 0 unspecified atom stereocenters. The first-order valence-electron chi connectivity index (χ1n) is 10.2. The molecule has 1 aliphatic heterocycles. The number of cyclic esters (lactones) is 1. The standard InChI is InChI=1S/C20H32N4O6S/c1-11(2)17-20(29)21-10-16(26)30-14(7-5-6-8-31)9-15(25)22-12(3)18(27)23-13(4)19(28)24-17/h5,7,11-14,17,31H,6,8-10H2,1-4H3,(H,21,29)(H,22,25)(H,23,27)(H,24,28)/b7-5+/t12-,13-,14-,17-/m1/s1. The van der Waals surface area contributed by atoms with Crippen molar-refractivity contribution in [3.8, 4) is 0 Å². The second-order valence-corrected chi connectivity index (χ2v) is 8.09. The molecule has 0 aromatic rings.